The number of guanidine groups is 1. The molecule has 1 aromatic rings. The van der Waals surface area contributed by atoms with E-state index in [-0.39, 0.29) is 0 Å². The van der Waals surface area contributed by atoms with Gasteiger partial charge in [0.2, 0.25) is 0 Å². The van der Waals surface area contributed by atoms with Crippen LogP contribution in [0.15, 0.2) is 23.2 Å². The van der Waals surface area contributed by atoms with Gasteiger partial charge in [-0.25, -0.2) is 0 Å². The molecule has 0 atom stereocenters. The number of hydrogen-bond donors (Lipinski definition) is 2. The van der Waals surface area contributed by atoms with Crippen molar-refractivity contribution in [1.29, 1.82) is 0 Å². The Balaban J connectivity index is 2.43. The number of rotatable bonds is 11. The zero-order chi connectivity index (χ0) is 17.6. The molecule has 0 bridgehead atoms. The Bertz CT molecular complexity index is 495. The fourth-order valence-electron chi connectivity index (χ4n) is 1.96. The quantitative estimate of drug-likeness (QED) is 0.366. The second-order valence-electron chi connectivity index (χ2n) is 4.88. The first-order chi connectivity index (χ1) is 11.7. The highest BCUT2D eigenvalue weighted by Crippen LogP contribution is 2.30. The minimum atomic E-state index is 0.579. The van der Waals surface area contributed by atoms with Crippen molar-refractivity contribution >= 4 is 11.6 Å². The van der Waals surface area contributed by atoms with Crippen molar-refractivity contribution in [2.24, 2.45) is 4.99 Å². The second-order valence-corrected chi connectivity index (χ2v) is 4.88. The van der Waals surface area contributed by atoms with Gasteiger partial charge in [0.1, 0.15) is 0 Å². The Morgan fingerprint density at radius 3 is 2.62 bits per heavy atom. The highest BCUT2D eigenvalue weighted by Gasteiger charge is 2.06. The van der Waals surface area contributed by atoms with E-state index < -0.39 is 0 Å². The van der Waals surface area contributed by atoms with E-state index in [0.29, 0.717) is 43.9 Å². The Kier molecular flexibility index (Phi) is 10.4. The average molecular weight is 339 g/mol. The lowest BCUT2D eigenvalue weighted by Crippen LogP contribution is -2.32. The lowest BCUT2D eigenvalue weighted by Gasteiger charge is -2.14. The van der Waals surface area contributed by atoms with Crippen LogP contribution in [0, 0.1) is 0 Å². The normalized spacial score (nSPS) is 11.2. The van der Waals surface area contributed by atoms with Gasteiger partial charge in [-0.1, -0.05) is 0 Å². The van der Waals surface area contributed by atoms with E-state index in [9.17, 15) is 0 Å². The summed E-state index contributed by atoms with van der Waals surface area (Å²) in [5.74, 6) is 2.10. The largest absolute Gasteiger partial charge is 0.493 e. The van der Waals surface area contributed by atoms with E-state index in [2.05, 4.69) is 15.6 Å². The lowest BCUT2D eigenvalue weighted by molar-refractivity contribution is 0.0699. The predicted molar refractivity (Wildman–Crippen MR) is 96.5 cm³/mol. The van der Waals surface area contributed by atoms with Crippen molar-refractivity contribution in [1.82, 2.24) is 5.32 Å². The molecule has 0 radical (unpaired) electrons. The molecule has 0 spiro atoms. The van der Waals surface area contributed by atoms with Crippen LogP contribution in [-0.4, -0.2) is 60.2 Å². The number of nitrogens with zero attached hydrogens (tertiary/aromatic N) is 1. The lowest BCUT2D eigenvalue weighted by atomic mass is 10.2. The summed E-state index contributed by atoms with van der Waals surface area (Å²) in [6.45, 7) is 5.21. The summed E-state index contributed by atoms with van der Waals surface area (Å²) in [5, 5.41) is 6.48. The van der Waals surface area contributed by atoms with E-state index in [1.54, 1.807) is 21.3 Å². The number of anilines is 1. The zero-order valence-electron chi connectivity index (χ0n) is 15.1. The number of benzene rings is 1. The van der Waals surface area contributed by atoms with E-state index in [1.165, 1.54) is 0 Å². The van der Waals surface area contributed by atoms with Crippen molar-refractivity contribution in [3.63, 3.8) is 0 Å². The first-order valence-electron chi connectivity index (χ1n) is 8.10. The maximum atomic E-state index is 5.58. The summed E-state index contributed by atoms with van der Waals surface area (Å²) < 4.78 is 21.2. The first-order valence-corrected chi connectivity index (χ1v) is 8.10. The molecule has 0 aliphatic carbocycles. The monoisotopic (exact) mass is 339 g/mol. The van der Waals surface area contributed by atoms with Crippen molar-refractivity contribution in [2.45, 2.75) is 13.3 Å². The Labute approximate surface area is 144 Å². The average Bonchev–Trinajstić information content (AvgIpc) is 2.60. The molecule has 0 aromatic heterocycles. The fraction of sp³-hybridized carbons (Fsp3) is 0.588. The van der Waals surface area contributed by atoms with Crippen LogP contribution in [0.25, 0.3) is 0 Å². The molecule has 2 N–H and O–H groups in total. The number of methoxy groups -OCH3 is 2. The van der Waals surface area contributed by atoms with Crippen LogP contribution in [0.5, 0.6) is 11.5 Å². The third-order valence-corrected chi connectivity index (χ3v) is 3.14. The summed E-state index contributed by atoms with van der Waals surface area (Å²) in [6, 6.07) is 5.68. The van der Waals surface area contributed by atoms with Gasteiger partial charge in [0, 0.05) is 39.1 Å². The number of aliphatic imine (C=N–C) groups is 1. The van der Waals surface area contributed by atoms with Gasteiger partial charge >= 0.3 is 0 Å². The van der Waals surface area contributed by atoms with E-state index in [4.69, 9.17) is 18.9 Å². The molecule has 0 unspecified atom stereocenters. The van der Waals surface area contributed by atoms with Gasteiger partial charge in [0.15, 0.2) is 17.5 Å². The van der Waals surface area contributed by atoms with Gasteiger partial charge in [0.25, 0.3) is 0 Å². The molecule has 1 rings (SSSR count). The minimum absolute atomic E-state index is 0.579. The summed E-state index contributed by atoms with van der Waals surface area (Å²) in [6.07, 6.45) is 0.886. The van der Waals surface area contributed by atoms with Crippen LogP contribution >= 0.6 is 0 Å². The third-order valence-electron chi connectivity index (χ3n) is 3.14. The molecule has 7 heteroatoms. The van der Waals surface area contributed by atoms with Crippen LogP contribution in [-0.2, 0) is 9.47 Å². The Morgan fingerprint density at radius 2 is 1.96 bits per heavy atom. The smallest absolute Gasteiger partial charge is 0.195 e. The summed E-state index contributed by atoms with van der Waals surface area (Å²) in [7, 11) is 5.02. The molecular formula is C17H29N3O4. The standard InChI is InChI=1S/C17H29N3O4/c1-5-24-16-13-14(7-8-15(16)22-4)20-17(18-2)19-9-6-10-23-12-11-21-3/h7-8,13H,5-6,9-12H2,1-4H3,(H2,18,19,20). The van der Waals surface area contributed by atoms with E-state index in [1.807, 2.05) is 25.1 Å². The molecule has 0 aliphatic heterocycles. The molecule has 1 aromatic carbocycles. The number of hydrogen-bond acceptors (Lipinski definition) is 5. The maximum Gasteiger partial charge on any atom is 0.195 e. The van der Waals surface area contributed by atoms with Crippen LogP contribution in [0.2, 0.25) is 0 Å². The van der Waals surface area contributed by atoms with Gasteiger partial charge in [-0.3, -0.25) is 4.99 Å². The van der Waals surface area contributed by atoms with Crippen LogP contribution < -0.4 is 20.1 Å². The van der Waals surface area contributed by atoms with Crippen LogP contribution in [0.4, 0.5) is 5.69 Å². The molecule has 0 saturated heterocycles. The molecule has 0 aliphatic rings. The molecule has 136 valence electrons. The number of nitrogens with one attached hydrogen (secondary N) is 2. The van der Waals surface area contributed by atoms with Crippen molar-refractivity contribution < 1.29 is 18.9 Å². The molecule has 7 nitrogen and oxygen atoms in total. The SMILES string of the molecule is CCOc1cc(NC(=NC)NCCCOCCOC)ccc1OC. The topological polar surface area (TPSA) is 73.3 Å². The van der Waals surface area contributed by atoms with Crippen molar-refractivity contribution in [3.8, 4) is 11.5 Å². The van der Waals surface area contributed by atoms with Crippen molar-refractivity contribution in [2.75, 3.05) is 59.6 Å². The third kappa shape index (κ3) is 7.52. The summed E-state index contributed by atoms with van der Waals surface area (Å²) in [4.78, 5) is 4.21. The van der Waals surface area contributed by atoms with Crippen molar-refractivity contribution in [3.05, 3.63) is 18.2 Å². The fourth-order valence-corrected chi connectivity index (χ4v) is 1.96. The highest BCUT2D eigenvalue weighted by molar-refractivity contribution is 5.93. The van der Waals surface area contributed by atoms with Gasteiger partial charge in [-0.05, 0) is 25.5 Å². The Hall–Kier alpha value is -1.99. The van der Waals surface area contributed by atoms with Crippen LogP contribution in [0.3, 0.4) is 0 Å². The first kappa shape index (κ1) is 20.1. The highest BCUT2D eigenvalue weighted by atomic mass is 16.5. The number of ether oxygens (including phenoxy) is 4. The molecule has 0 amide bonds. The van der Waals surface area contributed by atoms with Crippen LogP contribution in [0.1, 0.15) is 13.3 Å². The molecule has 24 heavy (non-hydrogen) atoms. The predicted octanol–water partition coefficient (Wildman–Crippen LogP) is 2.13. The Morgan fingerprint density at radius 1 is 1.12 bits per heavy atom. The second kappa shape index (κ2) is 12.4. The zero-order valence-corrected chi connectivity index (χ0v) is 15.1. The molecule has 0 heterocycles. The molecular weight excluding hydrogens is 310 g/mol. The summed E-state index contributed by atoms with van der Waals surface area (Å²) >= 11 is 0. The van der Waals surface area contributed by atoms with Gasteiger partial charge < -0.3 is 29.6 Å². The van der Waals surface area contributed by atoms with Gasteiger partial charge in [-0.2, -0.15) is 0 Å². The van der Waals surface area contributed by atoms with Gasteiger partial charge in [-0.15, -0.1) is 0 Å². The molecule has 0 saturated carbocycles. The maximum absolute atomic E-state index is 5.58. The van der Waals surface area contributed by atoms with E-state index >= 15 is 0 Å². The van der Waals surface area contributed by atoms with Gasteiger partial charge in [0.05, 0.1) is 26.9 Å². The minimum Gasteiger partial charge on any atom is -0.493 e. The van der Waals surface area contributed by atoms with E-state index in [0.717, 1.165) is 18.7 Å². The summed E-state index contributed by atoms with van der Waals surface area (Å²) in [5.41, 5.74) is 0.878. The molecule has 0 fully saturated rings.